The molecule has 7 heteroatoms. The summed E-state index contributed by atoms with van der Waals surface area (Å²) in [5.41, 5.74) is 2.39. The zero-order valence-electron chi connectivity index (χ0n) is 17.0. The van der Waals surface area contributed by atoms with Crippen molar-refractivity contribution in [2.45, 2.75) is 20.3 Å². The first-order valence-electron chi connectivity index (χ1n) is 10.2. The van der Waals surface area contributed by atoms with Crippen LogP contribution in [0.2, 0.25) is 0 Å². The second kappa shape index (κ2) is 8.88. The van der Waals surface area contributed by atoms with Crippen LogP contribution in [0.15, 0.2) is 35.7 Å². The van der Waals surface area contributed by atoms with Crippen LogP contribution in [0.25, 0.3) is 21.3 Å². The van der Waals surface area contributed by atoms with Crippen LogP contribution in [0, 0.1) is 6.92 Å². The number of hydrogen-bond donors (Lipinski definition) is 1. The summed E-state index contributed by atoms with van der Waals surface area (Å²) in [7, 11) is 0. The second-order valence-corrected chi connectivity index (χ2v) is 8.22. The lowest BCUT2D eigenvalue weighted by atomic mass is 10.1. The predicted octanol–water partition coefficient (Wildman–Crippen LogP) is 3.31. The summed E-state index contributed by atoms with van der Waals surface area (Å²) in [5, 5.41) is 6.23. The van der Waals surface area contributed by atoms with Gasteiger partial charge in [0.25, 0.3) is 0 Å². The van der Waals surface area contributed by atoms with E-state index in [1.807, 2.05) is 19.9 Å². The van der Waals surface area contributed by atoms with Crippen molar-refractivity contribution in [2.24, 2.45) is 0 Å². The number of nitrogens with one attached hydrogen (secondary N) is 1. The number of nitrogens with zero attached hydrogens (tertiary/aromatic N) is 4. The summed E-state index contributed by atoms with van der Waals surface area (Å²) in [6.45, 7) is 8.63. The number of rotatable bonds is 5. The van der Waals surface area contributed by atoms with Gasteiger partial charge in [-0.2, -0.15) is 0 Å². The van der Waals surface area contributed by atoms with Crippen LogP contribution in [0.4, 0.5) is 5.82 Å². The highest BCUT2D eigenvalue weighted by molar-refractivity contribution is 7.17. The summed E-state index contributed by atoms with van der Waals surface area (Å²) in [6, 6.07) is 10.5. The van der Waals surface area contributed by atoms with E-state index in [1.165, 1.54) is 11.1 Å². The Labute approximate surface area is 175 Å². The van der Waals surface area contributed by atoms with E-state index >= 15 is 0 Å². The Morgan fingerprint density at radius 1 is 1.14 bits per heavy atom. The maximum atomic E-state index is 12.0. The Bertz CT molecular complexity index is 988. The Hall–Kier alpha value is -2.51. The van der Waals surface area contributed by atoms with Gasteiger partial charge in [0, 0.05) is 43.7 Å². The Kier molecular flexibility index (Phi) is 6.06. The molecule has 4 rings (SSSR count). The Balaban J connectivity index is 1.63. The molecule has 0 unspecified atom stereocenters. The van der Waals surface area contributed by atoms with E-state index in [-0.39, 0.29) is 5.91 Å². The minimum absolute atomic E-state index is 0.102. The molecule has 0 atom stereocenters. The molecule has 0 spiro atoms. The van der Waals surface area contributed by atoms with Crippen molar-refractivity contribution < 1.29 is 4.79 Å². The molecule has 1 aliphatic rings. The van der Waals surface area contributed by atoms with E-state index in [0.717, 1.165) is 54.5 Å². The summed E-state index contributed by atoms with van der Waals surface area (Å²) in [6.07, 6.45) is 1.01. The fraction of sp³-hybridized carbons (Fsp3) is 0.409. The normalized spacial score (nSPS) is 15.4. The molecule has 0 radical (unpaired) electrons. The fourth-order valence-electron chi connectivity index (χ4n) is 3.88. The highest BCUT2D eigenvalue weighted by Crippen LogP contribution is 2.38. The molecule has 2 aromatic heterocycles. The zero-order valence-corrected chi connectivity index (χ0v) is 17.8. The van der Waals surface area contributed by atoms with Crippen LogP contribution in [0.5, 0.6) is 0 Å². The van der Waals surface area contributed by atoms with Crippen molar-refractivity contribution in [1.82, 2.24) is 20.2 Å². The van der Waals surface area contributed by atoms with Crippen LogP contribution in [0.3, 0.4) is 0 Å². The number of carbonyl (C=O) groups excluding carboxylic acids is 1. The third-order valence-electron chi connectivity index (χ3n) is 5.24. The number of fused-ring (bicyclic) bond motifs is 1. The average molecular weight is 410 g/mol. The van der Waals surface area contributed by atoms with Gasteiger partial charge in [0.15, 0.2) is 0 Å². The molecule has 1 saturated heterocycles. The lowest BCUT2D eigenvalue weighted by Gasteiger charge is -2.24. The van der Waals surface area contributed by atoms with E-state index < -0.39 is 0 Å². The van der Waals surface area contributed by atoms with Gasteiger partial charge >= 0.3 is 0 Å². The topological polar surface area (TPSA) is 61.4 Å². The van der Waals surface area contributed by atoms with E-state index in [1.54, 1.807) is 11.3 Å². The third kappa shape index (κ3) is 4.41. The molecule has 1 aliphatic heterocycles. The van der Waals surface area contributed by atoms with Gasteiger partial charge in [-0.3, -0.25) is 9.69 Å². The first-order chi connectivity index (χ1) is 14.2. The fourth-order valence-corrected chi connectivity index (χ4v) is 4.87. The molecular formula is C22H27N5OS. The molecule has 3 aromatic rings. The first-order valence-corrected chi connectivity index (χ1v) is 11.1. The highest BCUT2D eigenvalue weighted by Gasteiger charge is 2.22. The van der Waals surface area contributed by atoms with Crippen LogP contribution in [-0.4, -0.2) is 60.0 Å². The number of benzene rings is 1. The first kappa shape index (κ1) is 19.8. The number of hydrogen-bond acceptors (Lipinski definition) is 6. The molecule has 6 nitrogen and oxygen atoms in total. The van der Waals surface area contributed by atoms with Gasteiger partial charge in [-0.05, 0) is 25.8 Å². The van der Waals surface area contributed by atoms with Crippen molar-refractivity contribution in [3.8, 4) is 11.1 Å². The van der Waals surface area contributed by atoms with Gasteiger partial charge in [-0.1, -0.05) is 30.3 Å². The number of aromatic nitrogens is 2. The molecule has 1 aromatic carbocycles. The number of likely N-dealkylation sites (N-methyl/N-ethyl adjacent to an activating group) is 1. The minimum Gasteiger partial charge on any atom is -0.355 e. The number of thiophene rings is 1. The Morgan fingerprint density at radius 2 is 1.97 bits per heavy atom. The molecule has 0 bridgehead atoms. The van der Waals surface area contributed by atoms with Gasteiger partial charge in [0.05, 0.1) is 11.9 Å². The second-order valence-electron chi connectivity index (χ2n) is 7.36. The largest absolute Gasteiger partial charge is 0.355 e. The summed E-state index contributed by atoms with van der Waals surface area (Å²) in [5.74, 6) is 1.93. The van der Waals surface area contributed by atoms with Crippen LogP contribution >= 0.6 is 11.3 Å². The van der Waals surface area contributed by atoms with Crippen LogP contribution < -0.4 is 10.2 Å². The summed E-state index contributed by atoms with van der Waals surface area (Å²) in [4.78, 5) is 27.2. The molecule has 0 saturated carbocycles. The van der Waals surface area contributed by atoms with Crippen LogP contribution in [-0.2, 0) is 4.79 Å². The summed E-state index contributed by atoms with van der Waals surface area (Å²) < 4.78 is 0. The van der Waals surface area contributed by atoms with Gasteiger partial charge in [-0.25, -0.2) is 9.97 Å². The van der Waals surface area contributed by atoms with Crippen LogP contribution in [0.1, 0.15) is 19.2 Å². The average Bonchev–Trinajstić information content (AvgIpc) is 3.00. The van der Waals surface area contributed by atoms with Gasteiger partial charge in [-0.15, -0.1) is 11.3 Å². The van der Waals surface area contributed by atoms with E-state index in [2.05, 4.69) is 44.8 Å². The van der Waals surface area contributed by atoms with Gasteiger partial charge < -0.3 is 10.2 Å². The van der Waals surface area contributed by atoms with Crippen molar-refractivity contribution in [2.75, 3.05) is 44.2 Å². The third-order valence-corrected chi connectivity index (χ3v) is 6.11. The van der Waals surface area contributed by atoms with E-state index in [4.69, 9.17) is 9.97 Å². The lowest BCUT2D eigenvalue weighted by Crippen LogP contribution is -2.39. The molecule has 1 fully saturated rings. The van der Waals surface area contributed by atoms with E-state index in [0.29, 0.717) is 13.1 Å². The smallest absolute Gasteiger partial charge is 0.234 e. The molecule has 152 valence electrons. The number of amides is 1. The monoisotopic (exact) mass is 409 g/mol. The predicted molar refractivity (Wildman–Crippen MR) is 120 cm³/mol. The number of carbonyl (C=O) groups is 1. The standard InChI is InChI=1S/C22H27N5OS/c1-3-23-19(28)14-26-10-7-11-27(13-12-26)21-20-18(17-8-5-4-6-9-17)15-29-22(20)25-16(2)24-21/h4-6,8-9,15H,3,7,10-14H2,1-2H3,(H,23,28). The van der Waals surface area contributed by atoms with E-state index in [9.17, 15) is 4.79 Å². The molecule has 29 heavy (non-hydrogen) atoms. The molecule has 3 heterocycles. The number of aryl methyl sites for hydroxylation is 1. The van der Waals surface area contributed by atoms with Crippen molar-refractivity contribution in [3.63, 3.8) is 0 Å². The zero-order chi connectivity index (χ0) is 20.2. The van der Waals surface area contributed by atoms with Gasteiger partial charge in [0.1, 0.15) is 16.5 Å². The number of anilines is 1. The van der Waals surface area contributed by atoms with Gasteiger partial charge in [0.2, 0.25) is 5.91 Å². The SMILES string of the molecule is CCNC(=O)CN1CCCN(c2nc(C)nc3scc(-c4ccccc4)c23)CC1. The van der Waals surface area contributed by atoms with Crippen molar-refractivity contribution in [3.05, 3.63) is 41.5 Å². The quantitative estimate of drug-likeness (QED) is 0.701. The molecular weight excluding hydrogens is 382 g/mol. The highest BCUT2D eigenvalue weighted by atomic mass is 32.1. The van der Waals surface area contributed by atoms with Crippen molar-refractivity contribution in [1.29, 1.82) is 0 Å². The minimum atomic E-state index is 0.102. The Morgan fingerprint density at radius 3 is 2.76 bits per heavy atom. The molecule has 1 N–H and O–H groups in total. The maximum Gasteiger partial charge on any atom is 0.234 e. The summed E-state index contributed by atoms with van der Waals surface area (Å²) >= 11 is 1.68. The lowest BCUT2D eigenvalue weighted by molar-refractivity contribution is -0.122. The maximum absolute atomic E-state index is 12.0. The molecule has 1 amide bonds. The molecule has 0 aliphatic carbocycles. The van der Waals surface area contributed by atoms with Crippen molar-refractivity contribution >= 4 is 33.3 Å².